The van der Waals surface area contributed by atoms with Crippen LogP contribution >= 0.6 is 0 Å². The van der Waals surface area contributed by atoms with Crippen LogP contribution in [-0.2, 0) is 4.79 Å². The maximum atomic E-state index is 13.4. The molecule has 2 N–H and O–H groups in total. The first-order valence-corrected chi connectivity index (χ1v) is 6.63. The van der Waals surface area contributed by atoms with E-state index in [1.54, 1.807) is 12.1 Å². The molecule has 0 aliphatic heterocycles. The van der Waals surface area contributed by atoms with Gasteiger partial charge in [-0.1, -0.05) is 25.0 Å². The lowest BCUT2D eigenvalue weighted by Crippen LogP contribution is -2.33. The van der Waals surface area contributed by atoms with Crippen molar-refractivity contribution in [3.05, 3.63) is 41.9 Å². The highest BCUT2D eigenvalue weighted by Crippen LogP contribution is 2.18. The summed E-state index contributed by atoms with van der Waals surface area (Å²) in [4.78, 5) is 11.9. The van der Waals surface area contributed by atoms with Crippen LogP contribution in [0.5, 0.6) is 0 Å². The topological polar surface area (TPSA) is 64.9 Å². The fraction of sp³-hybridized carbons (Fsp3) is 0.333. The molecular formula is C15H16FN3O. The number of rotatable bonds is 4. The van der Waals surface area contributed by atoms with E-state index in [9.17, 15) is 9.18 Å². The Bertz CT molecular complexity index is 556. The molecule has 0 saturated heterocycles. The fourth-order valence-corrected chi connectivity index (χ4v) is 2.21. The van der Waals surface area contributed by atoms with E-state index in [4.69, 9.17) is 5.26 Å². The van der Waals surface area contributed by atoms with E-state index in [0.29, 0.717) is 0 Å². The van der Waals surface area contributed by atoms with Crippen molar-refractivity contribution in [2.24, 2.45) is 0 Å². The molecular weight excluding hydrogens is 257 g/mol. The van der Waals surface area contributed by atoms with Gasteiger partial charge in [-0.3, -0.25) is 4.79 Å². The monoisotopic (exact) mass is 273 g/mol. The summed E-state index contributed by atoms with van der Waals surface area (Å²) in [6, 6.07) is 8.06. The molecule has 0 unspecified atom stereocenters. The van der Waals surface area contributed by atoms with Crippen molar-refractivity contribution in [1.82, 2.24) is 5.32 Å². The molecule has 2 rings (SSSR count). The summed E-state index contributed by atoms with van der Waals surface area (Å²) >= 11 is 0. The smallest absolute Gasteiger partial charge is 0.263 e. The number of nitriles is 1. The number of amides is 1. The molecule has 0 atom stereocenters. The highest BCUT2D eigenvalue weighted by atomic mass is 19.1. The number of benzene rings is 1. The number of anilines is 1. The minimum Gasteiger partial charge on any atom is -0.358 e. The summed E-state index contributed by atoms with van der Waals surface area (Å²) in [5, 5.41) is 14.5. The van der Waals surface area contributed by atoms with Gasteiger partial charge in [-0.15, -0.1) is 0 Å². The lowest BCUT2D eigenvalue weighted by atomic mass is 10.2. The molecule has 1 aliphatic rings. The van der Waals surface area contributed by atoms with Crippen molar-refractivity contribution in [2.45, 2.75) is 31.7 Å². The third-order valence-corrected chi connectivity index (χ3v) is 3.30. The fourth-order valence-electron chi connectivity index (χ4n) is 2.21. The first-order chi connectivity index (χ1) is 9.70. The van der Waals surface area contributed by atoms with E-state index in [1.165, 1.54) is 18.3 Å². The third kappa shape index (κ3) is 3.58. The number of nitrogens with zero attached hydrogens (tertiary/aromatic N) is 1. The number of carbonyl (C=O) groups is 1. The zero-order valence-corrected chi connectivity index (χ0v) is 11.0. The van der Waals surface area contributed by atoms with Crippen molar-refractivity contribution in [3.8, 4) is 6.07 Å². The number of halogens is 1. The van der Waals surface area contributed by atoms with Crippen LogP contribution in [0.3, 0.4) is 0 Å². The largest absolute Gasteiger partial charge is 0.358 e. The van der Waals surface area contributed by atoms with E-state index in [-0.39, 0.29) is 17.3 Å². The Labute approximate surface area is 117 Å². The van der Waals surface area contributed by atoms with E-state index in [1.807, 2.05) is 6.07 Å². The van der Waals surface area contributed by atoms with Gasteiger partial charge in [-0.05, 0) is 25.0 Å². The predicted octanol–water partition coefficient (Wildman–Crippen LogP) is 2.70. The lowest BCUT2D eigenvalue weighted by Gasteiger charge is -2.11. The van der Waals surface area contributed by atoms with Crippen molar-refractivity contribution in [2.75, 3.05) is 5.32 Å². The van der Waals surface area contributed by atoms with Crippen LogP contribution in [0.1, 0.15) is 25.7 Å². The molecule has 104 valence electrons. The molecule has 1 saturated carbocycles. The van der Waals surface area contributed by atoms with Crippen molar-refractivity contribution in [1.29, 1.82) is 5.26 Å². The normalized spacial score (nSPS) is 15.7. The van der Waals surface area contributed by atoms with Crippen molar-refractivity contribution >= 4 is 11.6 Å². The molecule has 1 aromatic rings. The average molecular weight is 273 g/mol. The van der Waals surface area contributed by atoms with Gasteiger partial charge in [0.25, 0.3) is 5.91 Å². The summed E-state index contributed by atoms with van der Waals surface area (Å²) < 4.78 is 13.4. The Morgan fingerprint density at radius 2 is 2.05 bits per heavy atom. The molecule has 1 aromatic carbocycles. The molecule has 1 fully saturated rings. The van der Waals surface area contributed by atoms with Crippen LogP contribution in [0.4, 0.5) is 10.1 Å². The van der Waals surface area contributed by atoms with Crippen LogP contribution in [0.2, 0.25) is 0 Å². The number of hydrogen-bond acceptors (Lipinski definition) is 3. The van der Waals surface area contributed by atoms with E-state index in [0.717, 1.165) is 25.7 Å². The predicted molar refractivity (Wildman–Crippen MR) is 74.1 cm³/mol. The van der Waals surface area contributed by atoms with Gasteiger partial charge in [0.05, 0.1) is 5.69 Å². The second-order valence-corrected chi connectivity index (χ2v) is 4.75. The highest BCUT2D eigenvalue weighted by molar-refractivity contribution is 5.97. The second kappa shape index (κ2) is 6.71. The summed E-state index contributed by atoms with van der Waals surface area (Å²) in [6.45, 7) is 0. The van der Waals surface area contributed by atoms with E-state index in [2.05, 4.69) is 10.6 Å². The molecule has 5 heteroatoms. The maximum Gasteiger partial charge on any atom is 0.263 e. The molecule has 0 aromatic heterocycles. The van der Waals surface area contributed by atoms with Crippen LogP contribution in [0.15, 0.2) is 36.0 Å². The van der Waals surface area contributed by atoms with Crippen LogP contribution in [-0.4, -0.2) is 11.9 Å². The molecule has 20 heavy (non-hydrogen) atoms. The van der Waals surface area contributed by atoms with Gasteiger partial charge in [0.1, 0.15) is 17.5 Å². The Morgan fingerprint density at radius 1 is 1.35 bits per heavy atom. The first-order valence-electron chi connectivity index (χ1n) is 6.63. The number of nitrogens with one attached hydrogen (secondary N) is 2. The Balaban J connectivity index is 2.00. The van der Waals surface area contributed by atoms with E-state index >= 15 is 0 Å². The highest BCUT2D eigenvalue weighted by Gasteiger charge is 2.19. The van der Waals surface area contributed by atoms with Crippen molar-refractivity contribution in [3.63, 3.8) is 0 Å². The quantitative estimate of drug-likeness (QED) is 0.655. The van der Waals surface area contributed by atoms with Crippen LogP contribution < -0.4 is 10.6 Å². The Kier molecular flexibility index (Phi) is 4.72. The van der Waals surface area contributed by atoms with Gasteiger partial charge >= 0.3 is 0 Å². The summed E-state index contributed by atoms with van der Waals surface area (Å²) in [6.07, 6.45) is 5.34. The molecule has 4 nitrogen and oxygen atoms in total. The standard InChI is InChI=1S/C15H16FN3O/c16-13-7-3-4-8-14(13)18-10-11(9-17)15(20)19-12-5-1-2-6-12/h3-4,7-8,10,12,18H,1-2,5-6H2,(H,19,20)/b11-10-. The number of para-hydroxylation sites is 1. The van der Waals surface area contributed by atoms with Gasteiger partial charge in [0.15, 0.2) is 0 Å². The molecule has 0 heterocycles. The Morgan fingerprint density at radius 3 is 2.70 bits per heavy atom. The van der Waals surface area contributed by atoms with Crippen molar-refractivity contribution < 1.29 is 9.18 Å². The summed E-state index contributed by atoms with van der Waals surface area (Å²) in [5.41, 5.74) is 0.175. The zero-order valence-electron chi connectivity index (χ0n) is 11.0. The second-order valence-electron chi connectivity index (χ2n) is 4.75. The third-order valence-electron chi connectivity index (χ3n) is 3.30. The molecule has 1 amide bonds. The molecule has 0 radical (unpaired) electrons. The molecule has 0 spiro atoms. The van der Waals surface area contributed by atoms with Gasteiger partial charge < -0.3 is 10.6 Å². The van der Waals surface area contributed by atoms with Gasteiger partial charge in [0, 0.05) is 12.2 Å². The molecule has 0 bridgehead atoms. The minimum atomic E-state index is -0.433. The van der Waals surface area contributed by atoms with Crippen LogP contribution in [0, 0.1) is 17.1 Å². The number of hydrogen-bond donors (Lipinski definition) is 2. The summed E-state index contributed by atoms with van der Waals surface area (Å²) in [7, 11) is 0. The van der Waals surface area contributed by atoms with Gasteiger partial charge in [-0.25, -0.2) is 4.39 Å². The maximum absolute atomic E-state index is 13.4. The average Bonchev–Trinajstić information content (AvgIpc) is 2.94. The SMILES string of the molecule is N#C/C(=C/Nc1ccccc1F)C(=O)NC1CCCC1. The first kappa shape index (κ1) is 14.1. The number of carbonyl (C=O) groups excluding carboxylic acids is 1. The van der Waals surface area contributed by atoms with Gasteiger partial charge in [0.2, 0.25) is 0 Å². The van der Waals surface area contributed by atoms with E-state index < -0.39 is 11.7 Å². The Hall–Kier alpha value is -2.35. The minimum absolute atomic E-state index is 0.0554. The summed E-state index contributed by atoms with van der Waals surface area (Å²) in [5.74, 6) is -0.847. The van der Waals surface area contributed by atoms with Crippen LogP contribution in [0.25, 0.3) is 0 Å². The molecule has 1 aliphatic carbocycles. The zero-order chi connectivity index (χ0) is 14.4. The lowest BCUT2D eigenvalue weighted by molar-refractivity contribution is -0.117. The van der Waals surface area contributed by atoms with Gasteiger partial charge in [-0.2, -0.15) is 5.26 Å².